The van der Waals surface area contributed by atoms with Crippen LogP contribution in [0.25, 0.3) is 0 Å². The lowest BCUT2D eigenvalue weighted by Gasteiger charge is -2.36. The number of aliphatic carboxylic acids is 1. The minimum atomic E-state index is -1.67. The van der Waals surface area contributed by atoms with Crippen LogP contribution < -0.4 is 0 Å². The van der Waals surface area contributed by atoms with Crippen molar-refractivity contribution in [2.75, 3.05) is 6.61 Å². The Morgan fingerprint density at radius 3 is 2.11 bits per heavy atom. The molecule has 0 bridgehead atoms. The molecule has 0 aliphatic carbocycles. The lowest BCUT2D eigenvalue weighted by molar-refractivity contribution is -0.175. The largest absolute Gasteiger partial charge is 0.480 e. The first kappa shape index (κ1) is 17.9. The molecule has 112 valence electrons. The van der Waals surface area contributed by atoms with Crippen LogP contribution in [0.2, 0.25) is 0 Å². The first-order valence-electron chi connectivity index (χ1n) is 6.77. The van der Waals surface area contributed by atoms with E-state index in [1.807, 2.05) is 0 Å². The molecule has 19 heavy (non-hydrogen) atoms. The van der Waals surface area contributed by atoms with Crippen LogP contribution in [-0.2, 0) is 14.3 Å². The molecule has 2 unspecified atom stereocenters. The molecule has 2 atom stereocenters. The van der Waals surface area contributed by atoms with Crippen LogP contribution in [0.3, 0.4) is 0 Å². The second kappa shape index (κ2) is 6.89. The molecule has 0 radical (unpaired) electrons. The van der Waals surface area contributed by atoms with E-state index in [4.69, 9.17) is 4.74 Å². The molecule has 0 aromatic rings. The quantitative estimate of drug-likeness (QED) is 0.523. The third-order valence-corrected chi connectivity index (χ3v) is 3.66. The average Bonchev–Trinajstić information content (AvgIpc) is 2.27. The molecule has 0 fully saturated rings. The summed E-state index contributed by atoms with van der Waals surface area (Å²) in [7, 11) is 0. The van der Waals surface area contributed by atoms with Gasteiger partial charge in [-0.05, 0) is 26.2 Å². The average molecular weight is 274 g/mol. The number of rotatable bonds is 8. The van der Waals surface area contributed by atoms with Crippen molar-refractivity contribution in [2.24, 2.45) is 11.3 Å². The summed E-state index contributed by atoms with van der Waals surface area (Å²) in [6.45, 7) is 8.72. The molecule has 0 amide bonds. The van der Waals surface area contributed by atoms with Gasteiger partial charge < -0.3 is 14.9 Å². The molecule has 0 aliphatic heterocycles. The molecule has 0 spiro atoms. The Hall–Kier alpha value is -1.10. The summed E-state index contributed by atoms with van der Waals surface area (Å²) in [6.07, 6.45) is 0.545. The first-order valence-corrected chi connectivity index (χ1v) is 6.77. The van der Waals surface area contributed by atoms with Gasteiger partial charge >= 0.3 is 11.9 Å². The number of ether oxygens (including phenoxy) is 1. The number of carboxylic acids is 1. The number of hydrogen-bond donors (Lipinski definition) is 2. The van der Waals surface area contributed by atoms with E-state index in [0.717, 1.165) is 0 Å². The van der Waals surface area contributed by atoms with Crippen molar-refractivity contribution in [3.05, 3.63) is 0 Å². The molecule has 0 aromatic heterocycles. The Kier molecular flexibility index (Phi) is 6.49. The zero-order valence-corrected chi connectivity index (χ0v) is 12.5. The van der Waals surface area contributed by atoms with E-state index in [1.54, 1.807) is 34.6 Å². The number of esters is 1. The predicted molar refractivity (Wildman–Crippen MR) is 71.7 cm³/mol. The minimum Gasteiger partial charge on any atom is -0.480 e. The van der Waals surface area contributed by atoms with Crippen molar-refractivity contribution >= 4 is 11.9 Å². The summed E-state index contributed by atoms with van der Waals surface area (Å²) in [5.74, 6) is -2.14. The van der Waals surface area contributed by atoms with Crippen molar-refractivity contribution in [1.29, 1.82) is 0 Å². The highest BCUT2D eigenvalue weighted by Crippen LogP contribution is 2.38. The van der Waals surface area contributed by atoms with Crippen LogP contribution in [0, 0.1) is 11.3 Å². The summed E-state index contributed by atoms with van der Waals surface area (Å²) in [5, 5.41) is 19.8. The Balaban J connectivity index is 5.47. The third kappa shape index (κ3) is 4.20. The zero-order chi connectivity index (χ0) is 15.3. The smallest absolute Gasteiger partial charge is 0.323 e. The molecule has 5 heteroatoms. The van der Waals surface area contributed by atoms with Crippen LogP contribution in [0.5, 0.6) is 0 Å². The first-order chi connectivity index (χ1) is 8.64. The van der Waals surface area contributed by atoms with Gasteiger partial charge in [0.25, 0.3) is 0 Å². The fourth-order valence-electron chi connectivity index (χ4n) is 2.04. The monoisotopic (exact) mass is 274 g/mol. The molecule has 0 aromatic carbocycles. The van der Waals surface area contributed by atoms with E-state index in [0.29, 0.717) is 6.42 Å². The fourth-order valence-corrected chi connectivity index (χ4v) is 2.04. The fraction of sp³-hybridized carbons (Fsp3) is 0.857. The van der Waals surface area contributed by atoms with Crippen LogP contribution in [0.1, 0.15) is 53.9 Å². The van der Waals surface area contributed by atoms with Crippen LogP contribution >= 0.6 is 0 Å². The summed E-state index contributed by atoms with van der Waals surface area (Å²) >= 11 is 0. The van der Waals surface area contributed by atoms with Gasteiger partial charge in [-0.2, -0.15) is 0 Å². The van der Waals surface area contributed by atoms with E-state index >= 15 is 0 Å². The van der Waals surface area contributed by atoms with Gasteiger partial charge in [0.2, 0.25) is 0 Å². The van der Waals surface area contributed by atoms with Crippen molar-refractivity contribution in [1.82, 2.24) is 0 Å². The van der Waals surface area contributed by atoms with E-state index in [1.165, 1.54) is 0 Å². The van der Waals surface area contributed by atoms with Gasteiger partial charge in [-0.3, -0.25) is 9.59 Å². The van der Waals surface area contributed by atoms with Gasteiger partial charge in [0.15, 0.2) is 5.41 Å². The van der Waals surface area contributed by atoms with Gasteiger partial charge in [0, 0.05) is 6.42 Å². The Bertz CT molecular complexity index is 322. The number of aliphatic hydroxyl groups is 1. The van der Waals surface area contributed by atoms with E-state index < -0.39 is 23.0 Å². The topological polar surface area (TPSA) is 83.8 Å². The van der Waals surface area contributed by atoms with E-state index in [2.05, 4.69) is 0 Å². The molecule has 0 heterocycles. The van der Waals surface area contributed by atoms with Crippen LogP contribution in [0.15, 0.2) is 0 Å². The molecular weight excluding hydrogens is 248 g/mol. The Labute approximate surface area is 115 Å². The second-order valence-corrected chi connectivity index (χ2v) is 5.55. The van der Waals surface area contributed by atoms with E-state index in [9.17, 15) is 19.8 Å². The summed E-state index contributed by atoms with van der Waals surface area (Å²) in [4.78, 5) is 23.7. The zero-order valence-electron chi connectivity index (χ0n) is 12.5. The van der Waals surface area contributed by atoms with Crippen molar-refractivity contribution in [2.45, 2.75) is 59.5 Å². The van der Waals surface area contributed by atoms with Crippen LogP contribution in [-0.4, -0.2) is 34.4 Å². The maximum Gasteiger partial charge on any atom is 0.323 e. The van der Waals surface area contributed by atoms with Gasteiger partial charge in [-0.25, -0.2) is 0 Å². The Morgan fingerprint density at radius 2 is 1.79 bits per heavy atom. The molecular formula is C14H26O5. The number of hydrogen-bond acceptors (Lipinski definition) is 4. The summed E-state index contributed by atoms with van der Waals surface area (Å²) in [5.41, 5.74) is -2.90. The van der Waals surface area contributed by atoms with Gasteiger partial charge in [0.05, 0.1) is 12.2 Å². The van der Waals surface area contributed by atoms with Crippen molar-refractivity contribution in [3.8, 4) is 0 Å². The summed E-state index contributed by atoms with van der Waals surface area (Å²) in [6, 6.07) is 0. The number of carbonyl (C=O) groups excluding carboxylic acids is 1. The molecule has 2 N–H and O–H groups in total. The number of carbonyl (C=O) groups is 2. The van der Waals surface area contributed by atoms with E-state index in [-0.39, 0.29) is 25.4 Å². The number of carboxylic acid groups (broad SMARTS) is 1. The summed E-state index contributed by atoms with van der Waals surface area (Å²) < 4.78 is 4.92. The molecule has 0 saturated heterocycles. The molecule has 0 aliphatic rings. The maximum absolute atomic E-state index is 12.1. The van der Waals surface area contributed by atoms with Gasteiger partial charge in [-0.1, -0.05) is 27.2 Å². The van der Waals surface area contributed by atoms with Crippen molar-refractivity contribution < 1.29 is 24.5 Å². The lowest BCUT2D eigenvalue weighted by Crippen LogP contribution is -2.48. The predicted octanol–water partition coefficient (Wildman–Crippen LogP) is 2.22. The third-order valence-electron chi connectivity index (χ3n) is 3.66. The van der Waals surface area contributed by atoms with Crippen molar-refractivity contribution in [3.63, 3.8) is 0 Å². The minimum absolute atomic E-state index is 0.126. The second-order valence-electron chi connectivity index (χ2n) is 5.55. The van der Waals surface area contributed by atoms with Crippen LogP contribution in [0.4, 0.5) is 0 Å². The highest BCUT2D eigenvalue weighted by molar-refractivity contribution is 5.99. The molecule has 5 nitrogen and oxygen atoms in total. The lowest BCUT2D eigenvalue weighted by atomic mass is 9.71. The standard InChI is InChI=1S/C14H26O5/c1-6-8-14(11(15)16,12(17)19-7-2)9-13(5,18)10(3)4/h10,18H,6-9H2,1-5H3,(H,15,16). The van der Waals surface area contributed by atoms with Gasteiger partial charge in [-0.15, -0.1) is 0 Å². The maximum atomic E-state index is 12.1. The van der Waals surface area contributed by atoms with Gasteiger partial charge in [0.1, 0.15) is 0 Å². The Morgan fingerprint density at radius 1 is 1.26 bits per heavy atom. The molecule has 0 rings (SSSR count). The highest BCUT2D eigenvalue weighted by Gasteiger charge is 2.51. The normalized spacial score (nSPS) is 17.6. The SMILES string of the molecule is CCCC(CC(C)(O)C(C)C)(C(=O)O)C(=O)OCC. The highest BCUT2D eigenvalue weighted by atomic mass is 16.5. The molecule has 0 saturated carbocycles.